The first-order valence-electron chi connectivity index (χ1n) is 5.40. The van der Waals surface area contributed by atoms with Gasteiger partial charge in [-0.3, -0.25) is 4.79 Å². The van der Waals surface area contributed by atoms with Crippen LogP contribution < -0.4 is 0 Å². The Morgan fingerprint density at radius 1 is 1.50 bits per heavy atom. The number of hydrogen-bond donors (Lipinski definition) is 0. The molecule has 0 aliphatic heterocycles. The van der Waals surface area contributed by atoms with Crippen molar-refractivity contribution in [2.75, 3.05) is 38.8 Å². The van der Waals surface area contributed by atoms with Crippen LogP contribution in [0.2, 0.25) is 0 Å². The Morgan fingerprint density at radius 2 is 2.25 bits per heavy atom. The van der Waals surface area contributed by atoms with E-state index in [1.165, 1.54) is 0 Å². The standard InChI is InChI=1S/C11H20N2O2S/c1-13(7-3-6-12)11(14)5-10-16-9-4-8-15-2/h3-5,7-10H2,1-2H3. The fourth-order valence-electron chi connectivity index (χ4n) is 1.10. The Morgan fingerprint density at radius 3 is 2.88 bits per heavy atom. The highest BCUT2D eigenvalue weighted by atomic mass is 32.2. The average Bonchev–Trinajstić information content (AvgIpc) is 2.30. The minimum Gasteiger partial charge on any atom is -0.385 e. The zero-order chi connectivity index (χ0) is 12.2. The van der Waals surface area contributed by atoms with Crippen molar-refractivity contribution in [1.29, 1.82) is 5.26 Å². The van der Waals surface area contributed by atoms with Gasteiger partial charge in [-0.2, -0.15) is 17.0 Å². The molecule has 0 rings (SSSR count). The van der Waals surface area contributed by atoms with Crippen LogP contribution in [0.25, 0.3) is 0 Å². The summed E-state index contributed by atoms with van der Waals surface area (Å²) in [5.74, 6) is 2.00. The minimum atomic E-state index is 0.120. The predicted octanol–water partition coefficient (Wildman–Crippen LogP) is 1.52. The van der Waals surface area contributed by atoms with Crippen molar-refractivity contribution in [1.82, 2.24) is 4.90 Å². The second-order valence-electron chi connectivity index (χ2n) is 3.43. The second-order valence-corrected chi connectivity index (χ2v) is 4.66. The van der Waals surface area contributed by atoms with Crippen molar-refractivity contribution >= 4 is 17.7 Å². The molecule has 0 atom stereocenters. The van der Waals surface area contributed by atoms with E-state index in [0.717, 1.165) is 24.5 Å². The fourth-order valence-corrected chi connectivity index (χ4v) is 1.95. The van der Waals surface area contributed by atoms with Crippen LogP contribution in [-0.2, 0) is 9.53 Å². The zero-order valence-corrected chi connectivity index (χ0v) is 10.9. The van der Waals surface area contributed by atoms with E-state index >= 15 is 0 Å². The first-order valence-corrected chi connectivity index (χ1v) is 6.55. The summed E-state index contributed by atoms with van der Waals surface area (Å²) in [6, 6.07) is 2.03. The molecule has 0 aromatic carbocycles. The molecule has 0 saturated heterocycles. The molecule has 1 amide bonds. The molecule has 0 bridgehead atoms. The van der Waals surface area contributed by atoms with Gasteiger partial charge in [-0.25, -0.2) is 0 Å². The molecule has 0 aromatic heterocycles. The summed E-state index contributed by atoms with van der Waals surface area (Å²) < 4.78 is 4.93. The third-order valence-corrected chi connectivity index (χ3v) is 3.15. The lowest BCUT2D eigenvalue weighted by Crippen LogP contribution is -2.27. The monoisotopic (exact) mass is 244 g/mol. The lowest BCUT2D eigenvalue weighted by atomic mass is 10.3. The van der Waals surface area contributed by atoms with E-state index in [0.29, 0.717) is 19.4 Å². The molecule has 0 aromatic rings. The van der Waals surface area contributed by atoms with Gasteiger partial charge in [-0.1, -0.05) is 0 Å². The Balaban J connectivity index is 3.39. The number of nitrogens with zero attached hydrogens (tertiary/aromatic N) is 2. The summed E-state index contributed by atoms with van der Waals surface area (Å²) in [4.78, 5) is 13.1. The SMILES string of the molecule is COCCCSCCC(=O)N(C)CCC#N. The number of carbonyl (C=O) groups is 1. The summed E-state index contributed by atoms with van der Waals surface area (Å²) in [5.41, 5.74) is 0. The second kappa shape index (κ2) is 10.8. The first-order chi connectivity index (χ1) is 7.72. The number of methoxy groups -OCH3 is 1. The third kappa shape index (κ3) is 8.57. The minimum absolute atomic E-state index is 0.120. The van der Waals surface area contributed by atoms with Crippen molar-refractivity contribution < 1.29 is 9.53 Å². The van der Waals surface area contributed by atoms with Gasteiger partial charge < -0.3 is 9.64 Å². The van der Waals surface area contributed by atoms with E-state index in [-0.39, 0.29) is 5.91 Å². The van der Waals surface area contributed by atoms with Gasteiger partial charge in [-0.05, 0) is 12.2 Å². The molecular formula is C11H20N2O2S. The third-order valence-electron chi connectivity index (χ3n) is 2.08. The Kier molecular flexibility index (Phi) is 10.3. The van der Waals surface area contributed by atoms with Crippen molar-refractivity contribution in [2.45, 2.75) is 19.3 Å². The molecule has 0 heterocycles. The summed E-state index contributed by atoms with van der Waals surface area (Å²) in [6.07, 6.45) is 1.99. The van der Waals surface area contributed by atoms with Crippen LogP contribution in [0.1, 0.15) is 19.3 Å². The Bertz CT molecular complexity index is 229. The molecule has 0 N–H and O–H groups in total. The van der Waals surface area contributed by atoms with Crippen LogP contribution >= 0.6 is 11.8 Å². The first kappa shape index (κ1) is 15.3. The molecule has 0 spiro atoms. The van der Waals surface area contributed by atoms with Gasteiger partial charge in [0.05, 0.1) is 12.5 Å². The van der Waals surface area contributed by atoms with Crippen LogP contribution in [0.15, 0.2) is 0 Å². The number of rotatable bonds is 9. The predicted molar refractivity (Wildman–Crippen MR) is 66.3 cm³/mol. The van der Waals surface area contributed by atoms with Gasteiger partial charge in [-0.15, -0.1) is 0 Å². The van der Waals surface area contributed by atoms with E-state index in [2.05, 4.69) is 0 Å². The summed E-state index contributed by atoms with van der Waals surface area (Å²) >= 11 is 1.77. The number of amides is 1. The lowest BCUT2D eigenvalue weighted by Gasteiger charge is -2.14. The van der Waals surface area contributed by atoms with E-state index in [4.69, 9.17) is 10.00 Å². The van der Waals surface area contributed by atoms with Gasteiger partial charge in [0, 0.05) is 39.5 Å². The van der Waals surface area contributed by atoms with E-state index in [9.17, 15) is 4.79 Å². The average molecular weight is 244 g/mol. The number of hydrogen-bond acceptors (Lipinski definition) is 4. The van der Waals surface area contributed by atoms with Gasteiger partial charge in [0.25, 0.3) is 0 Å². The van der Waals surface area contributed by atoms with Gasteiger partial charge in [0.15, 0.2) is 0 Å². The Hall–Kier alpha value is -0.730. The van der Waals surface area contributed by atoms with Gasteiger partial charge >= 0.3 is 0 Å². The largest absolute Gasteiger partial charge is 0.385 e. The number of carbonyl (C=O) groups excluding carboxylic acids is 1. The zero-order valence-electron chi connectivity index (χ0n) is 10.1. The quantitative estimate of drug-likeness (QED) is 0.577. The smallest absolute Gasteiger partial charge is 0.223 e. The summed E-state index contributed by atoms with van der Waals surface area (Å²) in [7, 11) is 3.44. The van der Waals surface area contributed by atoms with Gasteiger partial charge in [0.2, 0.25) is 5.91 Å². The molecule has 0 unspecified atom stereocenters. The number of nitriles is 1. The van der Waals surface area contributed by atoms with Crippen molar-refractivity contribution in [3.63, 3.8) is 0 Å². The molecule has 0 fully saturated rings. The molecule has 0 aliphatic rings. The highest BCUT2D eigenvalue weighted by molar-refractivity contribution is 7.99. The van der Waals surface area contributed by atoms with E-state index < -0.39 is 0 Å². The Labute approximate surface area is 102 Å². The molecule has 0 radical (unpaired) electrons. The highest BCUT2D eigenvalue weighted by Gasteiger charge is 2.07. The fraction of sp³-hybridized carbons (Fsp3) is 0.818. The van der Waals surface area contributed by atoms with Crippen LogP contribution in [0, 0.1) is 11.3 Å². The van der Waals surface area contributed by atoms with Crippen LogP contribution in [0.4, 0.5) is 0 Å². The summed E-state index contributed by atoms with van der Waals surface area (Å²) in [6.45, 7) is 1.31. The van der Waals surface area contributed by atoms with Crippen LogP contribution in [-0.4, -0.2) is 49.6 Å². The molecule has 4 nitrogen and oxygen atoms in total. The number of ether oxygens (including phenoxy) is 1. The number of thioether (sulfide) groups is 1. The normalized spacial score (nSPS) is 9.81. The molecular weight excluding hydrogens is 224 g/mol. The van der Waals surface area contributed by atoms with Crippen molar-refractivity contribution in [3.8, 4) is 6.07 Å². The maximum absolute atomic E-state index is 11.5. The molecule has 92 valence electrons. The van der Waals surface area contributed by atoms with E-state index in [1.54, 1.807) is 30.8 Å². The maximum Gasteiger partial charge on any atom is 0.223 e. The van der Waals surface area contributed by atoms with Crippen LogP contribution in [0.5, 0.6) is 0 Å². The molecule has 0 saturated carbocycles. The van der Waals surface area contributed by atoms with Crippen molar-refractivity contribution in [2.24, 2.45) is 0 Å². The lowest BCUT2D eigenvalue weighted by molar-refractivity contribution is -0.129. The molecule has 16 heavy (non-hydrogen) atoms. The summed E-state index contributed by atoms with van der Waals surface area (Å²) in [5, 5.41) is 8.39. The molecule has 5 heteroatoms. The van der Waals surface area contributed by atoms with E-state index in [1.807, 2.05) is 6.07 Å². The highest BCUT2D eigenvalue weighted by Crippen LogP contribution is 2.06. The van der Waals surface area contributed by atoms with Crippen molar-refractivity contribution in [3.05, 3.63) is 0 Å². The molecule has 0 aliphatic carbocycles. The topological polar surface area (TPSA) is 53.3 Å². The van der Waals surface area contributed by atoms with Crippen LogP contribution in [0.3, 0.4) is 0 Å². The maximum atomic E-state index is 11.5. The van der Waals surface area contributed by atoms with Gasteiger partial charge in [0.1, 0.15) is 0 Å².